The maximum absolute atomic E-state index is 12.3. The van der Waals surface area contributed by atoms with Crippen LogP contribution in [0.15, 0.2) is 23.3 Å². The minimum absolute atomic E-state index is 0.0790. The van der Waals surface area contributed by atoms with Crippen LogP contribution in [0, 0.1) is 0 Å². The fraction of sp³-hybridized carbons (Fsp3) is 0.500. The van der Waals surface area contributed by atoms with Gasteiger partial charge in [0.05, 0.1) is 16.3 Å². The average Bonchev–Trinajstić information content (AvgIpc) is 2.78. The minimum Gasteiger partial charge on any atom is -0.328 e. The van der Waals surface area contributed by atoms with E-state index in [4.69, 9.17) is 5.73 Å². The predicted octanol–water partition coefficient (Wildman–Crippen LogP) is 1.90. The third-order valence-corrected chi connectivity index (χ3v) is 4.29. The second kappa shape index (κ2) is 4.23. The lowest BCUT2D eigenvalue weighted by atomic mass is 9.91. The maximum atomic E-state index is 12.3. The predicted molar refractivity (Wildman–Crippen MR) is 69.4 cm³/mol. The number of hydrogen-bond acceptors (Lipinski definition) is 4. The molecule has 2 aromatic heterocycles. The molecular weight excluding hydrogens is 234 g/mol. The standard InChI is InChI=1S/C12H15N3OS/c13-8-2-1-3-9(6-8)15-5-4-11-10(12(15)16)7-14-17-11/h4-5,7-9H,1-3,6,13H2. The Labute approximate surface area is 103 Å². The zero-order chi connectivity index (χ0) is 11.8. The lowest BCUT2D eigenvalue weighted by molar-refractivity contribution is 0.315. The molecule has 2 atom stereocenters. The molecule has 1 fully saturated rings. The number of aromatic nitrogens is 2. The Morgan fingerprint density at radius 1 is 1.47 bits per heavy atom. The van der Waals surface area contributed by atoms with Crippen molar-refractivity contribution >= 4 is 21.6 Å². The van der Waals surface area contributed by atoms with Crippen molar-refractivity contribution in [3.63, 3.8) is 0 Å². The molecule has 90 valence electrons. The Kier molecular flexibility index (Phi) is 2.72. The van der Waals surface area contributed by atoms with Crippen LogP contribution in [0.3, 0.4) is 0 Å². The Bertz CT molecular complexity index is 589. The van der Waals surface area contributed by atoms with Crippen molar-refractivity contribution in [2.45, 2.75) is 37.8 Å². The summed E-state index contributed by atoms with van der Waals surface area (Å²) < 4.78 is 6.87. The van der Waals surface area contributed by atoms with Crippen LogP contribution < -0.4 is 11.3 Å². The number of fused-ring (bicyclic) bond motifs is 1. The summed E-state index contributed by atoms with van der Waals surface area (Å²) in [7, 11) is 0. The molecule has 1 aliphatic rings. The molecule has 0 aromatic carbocycles. The highest BCUT2D eigenvalue weighted by atomic mass is 32.1. The average molecular weight is 249 g/mol. The van der Waals surface area contributed by atoms with Gasteiger partial charge in [-0.05, 0) is 43.3 Å². The fourth-order valence-corrected chi connectivity index (χ4v) is 3.26. The SMILES string of the molecule is NC1CCCC(n2ccc3sncc3c2=O)C1. The van der Waals surface area contributed by atoms with Crippen LogP contribution in [0.1, 0.15) is 31.7 Å². The largest absolute Gasteiger partial charge is 0.328 e. The highest BCUT2D eigenvalue weighted by Gasteiger charge is 2.21. The van der Waals surface area contributed by atoms with Gasteiger partial charge in [-0.25, -0.2) is 0 Å². The summed E-state index contributed by atoms with van der Waals surface area (Å²) in [4.78, 5) is 12.3. The van der Waals surface area contributed by atoms with Crippen LogP contribution in [0.4, 0.5) is 0 Å². The van der Waals surface area contributed by atoms with Crippen molar-refractivity contribution < 1.29 is 0 Å². The van der Waals surface area contributed by atoms with E-state index in [-0.39, 0.29) is 17.6 Å². The monoisotopic (exact) mass is 249 g/mol. The topological polar surface area (TPSA) is 60.9 Å². The summed E-state index contributed by atoms with van der Waals surface area (Å²) in [5.41, 5.74) is 6.06. The number of hydrogen-bond donors (Lipinski definition) is 1. The van der Waals surface area contributed by atoms with E-state index < -0.39 is 0 Å². The van der Waals surface area contributed by atoms with Crippen LogP contribution in [0.25, 0.3) is 10.1 Å². The van der Waals surface area contributed by atoms with Crippen molar-refractivity contribution in [1.29, 1.82) is 0 Å². The highest BCUT2D eigenvalue weighted by molar-refractivity contribution is 7.13. The summed E-state index contributed by atoms with van der Waals surface area (Å²) in [5.74, 6) is 0. The minimum atomic E-state index is 0.0790. The molecule has 17 heavy (non-hydrogen) atoms. The molecule has 0 spiro atoms. The normalized spacial score (nSPS) is 25.2. The van der Waals surface area contributed by atoms with Crippen molar-refractivity contribution in [1.82, 2.24) is 8.94 Å². The third-order valence-electron chi connectivity index (χ3n) is 3.53. The van der Waals surface area contributed by atoms with Gasteiger partial charge < -0.3 is 10.3 Å². The van der Waals surface area contributed by atoms with Crippen LogP contribution in [-0.4, -0.2) is 15.0 Å². The first-order chi connectivity index (χ1) is 8.25. The second-order valence-corrected chi connectivity index (χ2v) is 5.55. The summed E-state index contributed by atoms with van der Waals surface area (Å²) in [6.07, 6.45) is 7.71. The molecular formula is C12H15N3OS. The van der Waals surface area contributed by atoms with Gasteiger partial charge in [-0.15, -0.1) is 0 Å². The molecule has 1 saturated carbocycles. The maximum Gasteiger partial charge on any atom is 0.261 e. The van der Waals surface area contributed by atoms with Gasteiger partial charge in [-0.2, -0.15) is 4.37 Å². The van der Waals surface area contributed by atoms with Crippen molar-refractivity contribution in [3.05, 3.63) is 28.8 Å². The number of nitrogens with zero attached hydrogens (tertiary/aromatic N) is 2. The number of rotatable bonds is 1. The Hall–Kier alpha value is -1.20. The van der Waals surface area contributed by atoms with E-state index in [9.17, 15) is 4.79 Å². The van der Waals surface area contributed by atoms with Crippen LogP contribution in [-0.2, 0) is 0 Å². The molecule has 2 unspecified atom stereocenters. The zero-order valence-electron chi connectivity index (χ0n) is 9.50. The molecule has 0 amide bonds. The van der Waals surface area contributed by atoms with Crippen LogP contribution >= 0.6 is 11.5 Å². The Balaban J connectivity index is 2.04. The Morgan fingerprint density at radius 3 is 3.18 bits per heavy atom. The van der Waals surface area contributed by atoms with Gasteiger partial charge in [-0.1, -0.05) is 0 Å². The van der Waals surface area contributed by atoms with Gasteiger partial charge in [-0.3, -0.25) is 4.79 Å². The van der Waals surface area contributed by atoms with Crippen molar-refractivity contribution in [2.75, 3.05) is 0 Å². The van der Waals surface area contributed by atoms with Gasteiger partial charge in [0.25, 0.3) is 5.56 Å². The van der Waals surface area contributed by atoms with Crippen molar-refractivity contribution in [2.24, 2.45) is 5.73 Å². The van der Waals surface area contributed by atoms with Crippen molar-refractivity contribution in [3.8, 4) is 0 Å². The summed E-state index contributed by atoms with van der Waals surface area (Å²) in [5, 5.41) is 0.733. The first-order valence-electron chi connectivity index (χ1n) is 5.97. The molecule has 0 aliphatic heterocycles. The highest BCUT2D eigenvalue weighted by Crippen LogP contribution is 2.27. The van der Waals surface area contributed by atoms with Gasteiger partial charge in [0.15, 0.2) is 0 Å². The zero-order valence-corrected chi connectivity index (χ0v) is 10.3. The molecule has 0 radical (unpaired) electrons. The van der Waals surface area contributed by atoms with Gasteiger partial charge in [0.1, 0.15) is 0 Å². The van der Waals surface area contributed by atoms with E-state index in [0.29, 0.717) is 0 Å². The third kappa shape index (κ3) is 1.89. The second-order valence-electron chi connectivity index (χ2n) is 4.71. The Morgan fingerprint density at radius 2 is 2.35 bits per heavy atom. The van der Waals surface area contributed by atoms with Crippen LogP contribution in [0.5, 0.6) is 0 Å². The smallest absolute Gasteiger partial charge is 0.261 e. The molecule has 0 saturated heterocycles. The van der Waals surface area contributed by atoms with E-state index in [1.54, 1.807) is 6.20 Å². The molecule has 3 rings (SSSR count). The summed E-state index contributed by atoms with van der Waals surface area (Å²) in [6, 6.07) is 2.47. The summed E-state index contributed by atoms with van der Waals surface area (Å²) in [6.45, 7) is 0. The van der Waals surface area contributed by atoms with Gasteiger partial charge in [0.2, 0.25) is 0 Å². The molecule has 2 N–H and O–H groups in total. The number of pyridine rings is 1. The summed E-state index contributed by atoms with van der Waals surface area (Å²) >= 11 is 1.37. The molecule has 2 heterocycles. The van der Waals surface area contributed by atoms with E-state index >= 15 is 0 Å². The first-order valence-corrected chi connectivity index (χ1v) is 6.74. The molecule has 4 nitrogen and oxygen atoms in total. The molecule has 1 aliphatic carbocycles. The fourth-order valence-electron chi connectivity index (χ4n) is 2.63. The molecule has 2 aromatic rings. The van der Waals surface area contributed by atoms with Crippen LogP contribution in [0.2, 0.25) is 0 Å². The van der Waals surface area contributed by atoms with E-state index in [0.717, 1.165) is 35.8 Å². The van der Waals surface area contributed by atoms with E-state index in [1.807, 2.05) is 16.8 Å². The molecule has 0 bridgehead atoms. The van der Waals surface area contributed by atoms with Gasteiger partial charge >= 0.3 is 0 Å². The quantitative estimate of drug-likeness (QED) is 0.839. The first kappa shape index (κ1) is 10.9. The van der Waals surface area contributed by atoms with E-state index in [1.165, 1.54) is 11.5 Å². The number of nitrogens with two attached hydrogens (primary N) is 1. The lowest BCUT2D eigenvalue weighted by Gasteiger charge is -2.28. The molecule has 5 heteroatoms. The lowest BCUT2D eigenvalue weighted by Crippen LogP contribution is -2.33. The van der Waals surface area contributed by atoms with E-state index in [2.05, 4.69) is 4.37 Å². The van der Waals surface area contributed by atoms with Gasteiger partial charge in [0, 0.05) is 18.3 Å².